The van der Waals surface area contributed by atoms with Gasteiger partial charge in [-0.15, -0.1) is 0 Å². The zero-order chi connectivity index (χ0) is 23.5. The Bertz CT molecular complexity index is 1350. The lowest BCUT2D eigenvalue weighted by atomic mass is 9.77. The maximum Gasteiger partial charge on any atom is 0.0464 e. The molecule has 4 aromatic rings. The molecule has 1 aliphatic carbocycles. The van der Waals surface area contributed by atoms with Gasteiger partial charge in [0.05, 0.1) is 0 Å². The number of anilines is 3. The molecule has 168 valence electrons. The van der Waals surface area contributed by atoms with Crippen molar-refractivity contribution in [2.24, 2.45) is 5.92 Å². The number of fused-ring (bicyclic) bond motifs is 1. The second-order valence-corrected chi connectivity index (χ2v) is 9.07. The number of benzene rings is 4. The summed E-state index contributed by atoms with van der Waals surface area (Å²) in [4.78, 5) is 2.14. The predicted octanol–water partition coefficient (Wildman–Crippen LogP) is 8.08. The smallest absolute Gasteiger partial charge is 0.0464 e. The minimum atomic E-state index is 0.201. The highest BCUT2D eigenvalue weighted by molar-refractivity contribution is 5.98. The van der Waals surface area contributed by atoms with E-state index in [1.54, 1.807) is 0 Å². The quantitative estimate of drug-likeness (QED) is 0.325. The zero-order valence-corrected chi connectivity index (χ0v) is 19.8. The fourth-order valence-electron chi connectivity index (χ4n) is 4.78. The highest BCUT2D eigenvalue weighted by Crippen LogP contribution is 2.41. The highest BCUT2D eigenvalue weighted by Gasteiger charge is 2.25. The Hall–Kier alpha value is -4.04. The van der Waals surface area contributed by atoms with Crippen LogP contribution in [0.2, 0.25) is 0 Å². The van der Waals surface area contributed by atoms with Crippen LogP contribution < -0.4 is 10.2 Å². The Morgan fingerprint density at radius 3 is 2.06 bits per heavy atom. The average molecular weight is 443 g/mol. The van der Waals surface area contributed by atoms with Crippen molar-refractivity contribution >= 4 is 27.8 Å². The fraction of sp³-hybridized carbons (Fsp3) is 0.125. The Morgan fingerprint density at radius 2 is 1.38 bits per heavy atom. The molecule has 0 bridgehead atoms. The van der Waals surface area contributed by atoms with Crippen LogP contribution in [0, 0.1) is 5.92 Å². The first kappa shape index (κ1) is 21.8. The molecule has 5 rings (SSSR count). The zero-order valence-electron chi connectivity index (χ0n) is 19.8. The molecule has 4 aromatic carbocycles. The second-order valence-electron chi connectivity index (χ2n) is 9.07. The molecule has 0 radical (unpaired) electrons. The Morgan fingerprint density at radius 1 is 0.735 bits per heavy atom. The number of hydrogen-bond donors (Lipinski definition) is 1. The van der Waals surface area contributed by atoms with Crippen LogP contribution in [-0.2, 0) is 0 Å². The maximum atomic E-state index is 4.10. The number of nitrogens with zero attached hydrogens (tertiary/aromatic N) is 1. The lowest BCUT2D eigenvalue weighted by molar-refractivity contribution is 0.686. The summed E-state index contributed by atoms with van der Waals surface area (Å²) < 4.78 is 0. The van der Waals surface area contributed by atoms with Gasteiger partial charge in [0.25, 0.3) is 0 Å². The van der Waals surface area contributed by atoms with E-state index in [0.717, 1.165) is 16.9 Å². The summed E-state index contributed by atoms with van der Waals surface area (Å²) in [6, 6.07) is 32.6. The molecule has 1 unspecified atom stereocenters. The van der Waals surface area contributed by atoms with Crippen LogP contribution in [-0.4, -0.2) is 14.1 Å². The summed E-state index contributed by atoms with van der Waals surface area (Å²) in [6.45, 7) is 4.10. The second kappa shape index (κ2) is 9.44. The van der Waals surface area contributed by atoms with Crippen molar-refractivity contribution < 1.29 is 0 Å². The molecule has 1 aliphatic rings. The molecule has 1 atom stereocenters. The summed E-state index contributed by atoms with van der Waals surface area (Å²) in [7, 11) is 4.16. The summed E-state index contributed by atoms with van der Waals surface area (Å²) in [5.41, 5.74) is 7.11. The molecule has 0 saturated heterocycles. The van der Waals surface area contributed by atoms with Crippen LogP contribution in [0.25, 0.3) is 10.8 Å². The lowest BCUT2D eigenvalue weighted by Gasteiger charge is -2.28. The van der Waals surface area contributed by atoms with Crippen molar-refractivity contribution in [3.05, 3.63) is 139 Å². The van der Waals surface area contributed by atoms with E-state index in [9.17, 15) is 0 Å². The van der Waals surface area contributed by atoms with Gasteiger partial charge in [-0.25, -0.2) is 0 Å². The van der Waals surface area contributed by atoms with Gasteiger partial charge in [-0.2, -0.15) is 0 Å². The molecular formula is C32H30N2. The SMILES string of the molecule is C=C1C=CC(C(c2ccc(N(C)C)cc2)c2ccc(Nc3ccccc3)c3ccccc23)C=C1. The van der Waals surface area contributed by atoms with Crippen LogP contribution in [0.4, 0.5) is 17.1 Å². The summed E-state index contributed by atoms with van der Waals surface area (Å²) in [5.74, 6) is 0.458. The molecular weight excluding hydrogens is 412 g/mol. The average Bonchev–Trinajstić information content (AvgIpc) is 2.87. The van der Waals surface area contributed by atoms with Gasteiger partial charge >= 0.3 is 0 Å². The third kappa shape index (κ3) is 4.40. The van der Waals surface area contributed by atoms with Gasteiger partial charge in [0.2, 0.25) is 0 Å². The molecule has 0 aromatic heterocycles. The van der Waals surface area contributed by atoms with Gasteiger partial charge in [-0.1, -0.05) is 91.5 Å². The van der Waals surface area contributed by atoms with Crippen molar-refractivity contribution in [3.8, 4) is 0 Å². The van der Waals surface area contributed by atoms with Gasteiger partial charge < -0.3 is 10.2 Å². The topological polar surface area (TPSA) is 15.3 Å². The standard InChI is InChI=1S/C32H30N2/c1-23-13-15-24(16-14-23)32(25-17-19-27(20-18-25)34(2)3)30-21-22-31(29-12-8-7-11-28(29)30)33-26-9-5-4-6-10-26/h4-22,24,32-33H,1H2,2-3H3. The number of para-hydroxylation sites is 1. The largest absolute Gasteiger partial charge is 0.378 e. The van der Waals surface area contributed by atoms with E-state index in [2.05, 4.69) is 140 Å². The van der Waals surface area contributed by atoms with Gasteiger partial charge in [-0.05, 0) is 52.4 Å². The van der Waals surface area contributed by atoms with Gasteiger partial charge in [0.15, 0.2) is 0 Å². The van der Waals surface area contributed by atoms with Gasteiger partial charge in [0, 0.05) is 48.4 Å². The van der Waals surface area contributed by atoms with E-state index in [1.165, 1.54) is 27.6 Å². The molecule has 34 heavy (non-hydrogen) atoms. The first-order chi connectivity index (χ1) is 16.6. The van der Waals surface area contributed by atoms with E-state index < -0.39 is 0 Å². The Kier molecular flexibility index (Phi) is 6.05. The molecule has 0 heterocycles. The molecule has 1 N–H and O–H groups in total. The monoisotopic (exact) mass is 442 g/mol. The van der Waals surface area contributed by atoms with E-state index in [0.29, 0.717) is 0 Å². The minimum Gasteiger partial charge on any atom is -0.378 e. The molecule has 0 spiro atoms. The molecule has 2 nitrogen and oxygen atoms in total. The Labute approximate surface area is 202 Å². The first-order valence-electron chi connectivity index (χ1n) is 11.8. The predicted molar refractivity (Wildman–Crippen MR) is 147 cm³/mol. The lowest BCUT2D eigenvalue weighted by Crippen LogP contribution is -2.14. The van der Waals surface area contributed by atoms with Crippen molar-refractivity contribution in [3.63, 3.8) is 0 Å². The van der Waals surface area contributed by atoms with Crippen LogP contribution in [0.3, 0.4) is 0 Å². The molecule has 0 saturated carbocycles. The molecule has 0 fully saturated rings. The number of hydrogen-bond acceptors (Lipinski definition) is 2. The molecule has 0 amide bonds. The third-order valence-electron chi connectivity index (χ3n) is 6.56. The molecule has 2 heteroatoms. The fourth-order valence-corrected chi connectivity index (χ4v) is 4.78. The van der Waals surface area contributed by atoms with E-state index in [1.807, 2.05) is 6.07 Å². The molecule has 0 aliphatic heterocycles. The van der Waals surface area contributed by atoms with Crippen LogP contribution >= 0.6 is 0 Å². The summed E-state index contributed by atoms with van der Waals surface area (Å²) in [6.07, 6.45) is 8.86. The van der Waals surface area contributed by atoms with E-state index in [-0.39, 0.29) is 11.8 Å². The number of nitrogens with one attached hydrogen (secondary N) is 1. The van der Waals surface area contributed by atoms with Crippen LogP contribution in [0.15, 0.2) is 127 Å². The first-order valence-corrected chi connectivity index (χ1v) is 11.8. The van der Waals surface area contributed by atoms with E-state index >= 15 is 0 Å². The van der Waals surface area contributed by atoms with Crippen molar-refractivity contribution in [2.45, 2.75) is 5.92 Å². The van der Waals surface area contributed by atoms with Gasteiger partial charge in [0.1, 0.15) is 0 Å². The normalized spacial score (nSPS) is 14.4. The van der Waals surface area contributed by atoms with Crippen molar-refractivity contribution in [1.29, 1.82) is 0 Å². The third-order valence-corrected chi connectivity index (χ3v) is 6.56. The van der Waals surface area contributed by atoms with Crippen LogP contribution in [0.1, 0.15) is 17.0 Å². The van der Waals surface area contributed by atoms with E-state index in [4.69, 9.17) is 0 Å². The van der Waals surface area contributed by atoms with Gasteiger partial charge in [-0.3, -0.25) is 0 Å². The number of allylic oxidation sites excluding steroid dienone is 5. The van der Waals surface area contributed by atoms with Crippen molar-refractivity contribution in [1.82, 2.24) is 0 Å². The maximum absolute atomic E-state index is 4.10. The minimum absolute atomic E-state index is 0.201. The van der Waals surface area contributed by atoms with Crippen molar-refractivity contribution in [2.75, 3.05) is 24.3 Å². The number of rotatable bonds is 6. The summed E-state index contributed by atoms with van der Waals surface area (Å²) >= 11 is 0. The van der Waals surface area contributed by atoms with Crippen LogP contribution in [0.5, 0.6) is 0 Å². The summed E-state index contributed by atoms with van der Waals surface area (Å²) in [5, 5.41) is 6.12. The highest BCUT2D eigenvalue weighted by atomic mass is 15.1. The Balaban J connectivity index is 1.64.